The van der Waals surface area contributed by atoms with Crippen LogP contribution in [0, 0.1) is 0 Å². The van der Waals surface area contributed by atoms with Gasteiger partial charge in [0, 0.05) is 0 Å². The molecule has 16 heavy (non-hydrogen) atoms. The zero-order valence-electron chi connectivity index (χ0n) is 9.00. The first-order valence-electron chi connectivity index (χ1n) is 5.31. The summed E-state index contributed by atoms with van der Waals surface area (Å²) < 4.78 is 7.08. The zero-order chi connectivity index (χ0) is 11.1. The Bertz CT molecular complexity index is 358. The summed E-state index contributed by atoms with van der Waals surface area (Å²) in [5, 5.41) is 1.12. The van der Waals surface area contributed by atoms with Crippen LogP contribution in [0.25, 0.3) is 0 Å². The normalized spacial score (nSPS) is 10.0. The molecule has 1 nitrogen and oxygen atoms in total. The fraction of sp³-hybridized carbons (Fsp3) is 0.143. The molecule has 0 radical (unpaired) electrons. The molecule has 0 aliphatic heterocycles. The Morgan fingerprint density at radius 3 is 2.12 bits per heavy atom. The van der Waals surface area contributed by atoms with E-state index < -0.39 is 0 Å². The van der Waals surface area contributed by atoms with E-state index in [0.717, 1.165) is 17.7 Å². The third-order valence-electron chi connectivity index (χ3n) is 2.11. The van der Waals surface area contributed by atoms with E-state index in [2.05, 4.69) is 30.3 Å². The number of rotatable bonds is 5. The molecular formula is C14H14OSe. The van der Waals surface area contributed by atoms with Crippen LogP contribution in [0.3, 0.4) is 0 Å². The van der Waals surface area contributed by atoms with Crippen molar-refractivity contribution in [1.82, 2.24) is 0 Å². The molecule has 2 aromatic rings. The van der Waals surface area contributed by atoms with Gasteiger partial charge in [-0.2, -0.15) is 0 Å². The minimum absolute atomic E-state index is 0.524. The Balaban J connectivity index is 1.70. The molecule has 0 saturated heterocycles. The number of hydrogen-bond acceptors (Lipinski definition) is 1. The molecule has 0 saturated carbocycles. The van der Waals surface area contributed by atoms with Crippen LogP contribution in [-0.4, -0.2) is 21.6 Å². The average Bonchev–Trinajstić information content (AvgIpc) is 2.37. The number of benzene rings is 2. The third-order valence-corrected chi connectivity index (χ3v) is 4.16. The topological polar surface area (TPSA) is 9.23 Å². The monoisotopic (exact) mass is 278 g/mol. The van der Waals surface area contributed by atoms with Gasteiger partial charge in [0.25, 0.3) is 0 Å². The van der Waals surface area contributed by atoms with Gasteiger partial charge in [0.05, 0.1) is 0 Å². The van der Waals surface area contributed by atoms with Crippen molar-refractivity contribution in [2.24, 2.45) is 0 Å². The maximum atomic E-state index is 5.64. The van der Waals surface area contributed by atoms with Gasteiger partial charge >= 0.3 is 102 Å². The van der Waals surface area contributed by atoms with E-state index in [1.165, 1.54) is 4.46 Å². The van der Waals surface area contributed by atoms with Gasteiger partial charge in [0.1, 0.15) is 0 Å². The summed E-state index contributed by atoms with van der Waals surface area (Å²) in [6.45, 7) is 0.804. The molecule has 0 amide bonds. The van der Waals surface area contributed by atoms with Gasteiger partial charge in [0.15, 0.2) is 0 Å². The summed E-state index contributed by atoms with van der Waals surface area (Å²) in [4.78, 5) is 0. The van der Waals surface area contributed by atoms with Gasteiger partial charge in [-0.05, 0) is 0 Å². The number of para-hydroxylation sites is 1. The van der Waals surface area contributed by atoms with Gasteiger partial charge in [-0.1, -0.05) is 0 Å². The van der Waals surface area contributed by atoms with Crippen molar-refractivity contribution in [3.63, 3.8) is 0 Å². The first-order chi connectivity index (χ1) is 7.95. The number of ether oxygens (including phenoxy) is 1. The Morgan fingerprint density at radius 1 is 0.812 bits per heavy atom. The summed E-state index contributed by atoms with van der Waals surface area (Å²) in [6, 6.07) is 20.6. The first-order valence-corrected chi connectivity index (χ1v) is 7.37. The van der Waals surface area contributed by atoms with E-state index >= 15 is 0 Å². The van der Waals surface area contributed by atoms with Gasteiger partial charge in [-0.15, -0.1) is 0 Å². The van der Waals surface area contributed by atoms with Crippen molar-refractivity contribution in [2.45, 2.75) is 5.32 Å². The molecule has 0 aliphatic carbocycles. The van der Waals surface area contributed by atoms with Crippen molar-refractivity contribution in [2.75, 3.05) is 6.61 Å². The van der Waals surface area contributed by atoms with Crippen molar-refractivity contribution in [1.29, 1.82) is 0 Å². The maximum absolute atomic E-state index is 5.64. The van der Waals surface area contributed by atoms with Crippen LogP contribution in [0.2, 0.25) is 5.32 Å². The van der Waals surface area contributed by atoms with E-state index in [4.69, 9.17) is 4.74 Å². The molecule has 0 spiro atoms. The Labute approximate surface area is 103 Å². The van der Waals surface area contributed by atoms with Gasteiger partial charge in [-0.25, -0.2) is 0 Å². The molecule has 2 heteroatoms. The van der Waals surface area contributed by atoms with Crippen LogP contribution in [0.4, 0.5) is 0 Å². The molecule has 0 aliphatic rings. The van der Waals surface area contributed by atoms with Crippen LogP contribution >= 0.6 is 0 Å². The quantitative estimate of drug-likeness (QED) is 0.603. The molecule has 0 unspecified atom stereocenters. The Morgan fingerprint density at radius 2 is 1.44 bits per heavy atom. The van der Waals surface area contributed by atoms with Crippen LogP contribution in [0.5, 0.6) is 5.75 Å². The second-order valence-corrected chi connectivity index (χ2v) is 5.77. The second kappa shape index (κ2) is 6.37. The van der Waals surface area contributed by atoms with E-state index in [1.807, 2.05) is 30.3 Å². The molecule has 0 heterocycles. The molecule has 2 aromatic carbocycles. The molecule has 0 atom stereocenters. The van der Waals surface area contributed by atoms with Crippen molar-refractivity contribution in [3.8, 4) is 5.75 Å². The third kappa shape index (κ3) is 3.73. The van der Waals surface area contributed by atoms with E-state index in [-0.39, 0.29) is 0 Å². The summed E-state index contributed by atoms with van der Waals surface area (Å²) in [6.07, 6.45) is 0. The second-order valence-electron chi connectivity index (χ2n) is 3.32. The van der Waals surface area contributed by atoms with Crippen LogP contribution in [0.15, 0.2) is 60.7 Å². The van der Waals surface area contributed by atoms with Crippen molar-refractivity contribution in [3.05, 3.63) is 60.7 Å². The molecule has 0 N–H and O–H groups in total. The summed E-state index contributed by atoms with van der Waals surface area (Å²) >= 11 is 0.524. The summed E-state index contributed by atoms with van der Waals surface area (Å²) in [5.74, 6) is 0.964. The van der Waals surface area contributed by atoms with E-state index in [9.17, 15) is 0 Å². The fourth-order valence-electron chi connectivity index (χ4n) is 1.35. The molecule has 0 bridgehead atoms. The predicted molar refractivity (Wildman–Crippen MR) is 68.6 cm³/mol. The van der Waals surface area contributed by atoms with Crippen LogP contribution in [-0.2, 0) is 0 Å². The van der Waals surface area contributed by atoms with E-state index in [1.54, 1.807) is 0 Å². The summed E-state index contributed by atoms with van der Waals surface area (Å²) in [7, 11) is 0. The molecular weight excluding hydrogens is 263 g/mol. The molecule has 82 valence electrons. The Hall–Kier alpha value is -1.24. The molecule has 2 rings (SSSR count). The first kappa shape index (κ1) is 11.3. The van der Waals surface area contributed by atoms with Gasteiger partial charge < -0.3 is 0 Å². The van der Waals surface area contributed by atoms with Gasteiger partial charge in [0.2, 0.25) is 0 Å². The standard InChI is InChI=1S/C14H14OSe/c1-3-7-13(8-4-1)15-11-12-16-14-9-5-2-6-10-14/h1-10H,11-12H2. The molecule has 0 aromatic heterocycles. The van der Waals surface area contributed by atoms with Crippen LogP contribution in [0.1, 0.15) is 0 Å². The van der Waals surface area contributed by atoms with Crippen molar-refractivity contribution < 1.29 is 4.74 Å². The fourth-order valence-corrected chi connectivity index (χ4v) is 2.93. The SMILES string of the molecule is c1ccc(OCC[Se]c2ccccc2)cc1. The summed E-state index contributed by atoms with van der Waals surface area (Å²) in [5.41, 5.74) is 0. The minimum atomic E-state index is 0.524. The van der Waals surface area contributed by atoms with Crippen LogP contribution < -0.4 is 9.20 Å². The van der Waals surface area contributed by atoms with E-state index in [0.29, 0.717) is 15.0 Å². The average molecular weight is 277 g/mol. The number of hydrogen-bond donors (Lipinski definition) is 0. The predicted octanol–water partition coefficient (Wildman–Crippen LogP) is 2.51. The van der Waals surface area contributed by atoms with Gasteiger partial charge in [-0.3, -0.25) is 0 Å². The zero-order valence-corrected chi connectivity index (χ0v) is 10.7. The van der Waals surface area contributed by atoms with Crippen molar-refractivity contribution >= 4 is 19.4 Å². The molecule has 0 fully saturated rings. The Kier molecular flexibility index (Phi) is 4.48.